The van der Waals surface area contributed by atoms with Crippen molar-refractivity contribution in [3.8, 4) is 0 Å². The van der Waals surface area contributed by atoms with Crippen LogP contribution in [-0.4, -0.2) is 34.4 Å². The molecule has 0 heterocycles. The molecule has 0 saturated heterocycles. The van der Waals surface area contributed by atoms with Crippen molar-refractivity contribution < 1.29 is 24.5 Å². The molecule has 0 aliphatic heterocycles. The van der Waals surface area contributed by atoms with E-state index in [-0.39, 0.29) is 22.9 Å². The average molecular weight is 667 g/mol. The number of ether oxygens (including phenoxy) is 1. The molecule has 0 aromatic carbocycles. The van der Waals surface area contributed by atoms with E-state index < -0.39 is 24.5 Å². The van der Waals surface area contributed by atoms with Gasteiger partial charge in [-0.1, -0.05) is 178 Å². The van der Waals surface area contributed by atoms with Gasteiger partial charge in [-0.3, -0.25) is 4.79 Å². The number of hydrogen-bond acceptors (Lipinski definition) is 4. The molecule has 0 saturated carbocycles. The fourth-order valence-electron chi connectivity index (χ4n) is 7.85. The standard InChI is InChI=1S/C42H82O5/c1-11-13-15-17-19-20-22-24-26-35(25-23-21-18-16-14-12-2)29-38(47-40(46)37(43)30-39(44)45)36(34(4)32-42(8,9)10)28-27-33(3)31-41(5,6)7/h33-38,43H,11-32H2,1-10H3,(H,44,45). The summed E-state index contributed by atoms with van der Waals surface area (Å²) < 4.78 is 6.26. The molecule has 5 heteroatoms. The van der Waals surface area contributed by atoms with Gasteiger partial charge in [0.25, 0.3) is 0 Å². The number of aliphatic carboxylic acids is 1. The summed E-state index contributed by atoms with van der Waals surface area (Å²) in [5.74, 6) is -0.419. The van der Waals surface area contributed by atoms with Crippen molar-refractivity contribution in [1.29, 1.82) is 0 Å². The minimum atomic E-state index is -1.63. The van der Waals surface area contributed by atoms with Gasteiger partial charge in [-0.15, -0.1) is 0 Å². The lowest BCUT2D eigenvalue weighted by Gasteiger charge is -2.37. The third-order valence-electron chi connectivity index (χ3n) is 10.0. The second kappa shape index (κ2) is 25.8. The van der Waals surface area contributed by atoms with Crippen molar-refractivity contribution in [2.75, 3.05) is 0 Å². The first-order chi connectivity index (χ1) is 22.0. The summed E-state index contributed by atoms with van der Waals surface area (Å²) in [6.07, 6.45) is 22.8. The van der Waals surface area contributed by atoms with E-state index in [2.05, 4.69) is 69.2 Å². The van der Waals surface area contributed by atoms with Crippen LogP contribution in [0.15, 0.2) is 0 Å². The zero-order valence-electron chi connectivity index (χ0n) is 33.1. The van der Waals surface area contributed by atoms with Gasteiger partial charge in [-0.25, -0.2) is 4.79 Å². The second-order valence-corrected chi connectivity index (χ2v) is 17.9. The summed E-state index contributed by atoms with van der Waals surface area (Å²) >= 11 is 0. The van der Waals surface area contributed by atoms with E-state index in [1.807, 2.05) is 0 Å². The van der Waals surface area contributed by atoms with Crippen molar-refractivity contribution in [2.24, 2.45) is 34.5 Å². The van der Waals surface area contributed by atoms with Gasteiger partial charge >= 0.3 is 11.9 Å². The van der Waals surface area contributed by atoms with Gasteiger partial charge in [0, 0.05) is 0 Å². The summed E-state index contributed by atoms with van der Waals surface area (Å²) in [7, 11) is 0. The lowest BCUT2D eigenvalue weighted by Crippen LogP contribution is -2.38. The van der Waals surface area contributed by atoms with Crippen LogP contribution in [0, 0.1) is 34.5 Å². The van der Waals surface area contributed by atoms with Crippen LogP contribution in [0.3, 0.4) is 0 Å². The maximum absolute atomic E-state index is 13.2. The van der Waals surface area contributed by atoms with Gasteiger partial charge in [0.05, 0.1) is 6.42 Å². The maximum atomic E-state index is 13.2. The Bertz CT molecular complexity index is 779. The number of unbranched alkanes of at least 4 members (excludes halogenated alkanes) is 12. The van der Waals surface area contributed by atoms with Gasteiger partial charge in [-0.2, -0.15) is 0 Å². The number of esters is 1. The number of aliphatic hydroxyl groups is 1. The molecule has 47 heavy (non-hydrogen) atoms. The molecule has 6 atom stereocenters. The Kier molecular flexibility index (Phi) is 25.2. The molecule has 0 aliphatic rings. The molecule has 0 aromatic heterocycles. The van der Waals surface area contributed by atoms with E-state index >= 15 is 0 Å². The van der Waals surface area contributed by atoms with E-state index in [0.717, 1.165) is 44.9 Å². The average Bonchev–Trinajstić information content (AvgIpc) is 2.93. The first-order valence-corrected chi connectivity index (χ1v) is 20.1. The Hall–Kier alpha value is -1.10. The van der Waals surface area contributed by atoms with E-state index in [4.69, 9.17) is 4.74 Å². The number of carbonyl (C=O) groups is 2. The third kappa shape index (κ3) is 26.4. The van der Waals surface area contributed by atoms with Gasteiger partial charge in [0.15, 0.2) is 6.10 Å². The minimum Gasteiger partial charge on any atom is -0.481 e. The van der Waals surface area contributed by atoms with E-state index in [1.54, 1.807) is 0 Å². The monoisotopic (exact) mass is 667 g/mol. The van der Waals surface area contributed by atoms with Crippen molar-refractivity contribution in [3.63, 3.8) is 0 Å². The Labute approximate surface area is 293 Å². The zero-order valence-corrected chi connectivity index (χ0v) is 33.1. The number of carboxylic acid groups (broad SMARTS) is 1. The van der Waals surface area contributed by atoms with Gasteiger partial charge in [-0.05, 0) is 60.2 Å². The largest absolute Gasteiger partial charge is 0.481 e. The number of carboxylic acids is 1. The smallest absolute Gasteiger partial charge is 0.335 e. The molecule has 0 bridgehead atoms. The molecular formula is C42H82O5. The summed E-state index contributed by atoms with van der Waals surface area (Å²) in [5.41, 5.74) is 0.401. The first-order valence-electron chi connectivity index (χ1n) is 20.1. The topological polar surface area (TPSA) is 83.8 Å². The highest BCUT2D eigenvalue weighted by Gasteiger charge is 2.35. The highest BCUT2D eigenvalue weighted by Crippen LogP contribution is 2.39. The molecule has 0 fully saturated rings. The van der Waals surface area contributed by atoms with Crippen LogP contribution in [-0.2, 0) is 14.3 Å². The summed E-state index contributed by atoms with van der Waals surface area (Å²) in [4.78, 5) is 24.6. The molecule has 6 unspecified atom stereocenters. The normalized spacial score (nSPS) is 16.3. The SMILES string of the molecule is CCCCCCCCCCC(CCCCCCCC)CC(OC(=O)C(O)CC(=O)O)C(CCC(C)CC(C)(C)C)C(C)CC(C)(C)C. The molecule has 0 aliphatic carbocycles. The fourth-order valence-corrected chi connectivity index (χ4v) is 7.85. The van der Waals surface area contributed by atoms with Crippen LogP contribution in [0.2, 0.25) is 0 Å². The van der Waals surface area contributed by atoms with E-state index in [1.165, 1.54) is 89.9 Å². The van der Waals surface area contributed by atoms with E-state index in [9.17, 15) is 19.8 Å². The predicted molar refractivity (Wildman–Crippen MR) is 201 cm³/mol. The molecule has 2 N–H and O–H groups in total. The minimum absolute atomic E-state index is 0.140. The number of carbonyl (C=O) groups excluding carboxylic acids is 1. The van der Waals surface area contributed by atoms with Crippen LogP contribution in [0.1, 0.15) is 210 Å². The zero-order chi connectivity index (χ0) is 35.9. The quantitative estimate of drug-likeness (QED) is 0.0613. The number of hydrogen-bond donors (Lipinski definition) is 2. The lowest BCUT2D eigenvalue weighted by molar-refractivity contribution is -0.168. The fraction of sp³-hybridized carbons (Fsp3) is 0.952. The summed E-state index contributed by atoms with van der Waals surface area (Å²) in [5, 5.41) is 19.8. The number of rotatable bonds is 29. The molecule has 0 radical (unpaired) electrons. The van der Waals surface area contributed by atoms with E-state index in [0.29, 0.717) is 17.8 Å². The van der Waals surface area contributed by atoms with Crippen LogP contribution in [0.4, 0.5) is 0 Å². The van der Waals surface area contributed by atoms with Crippen LogP contribution in [0.25, 0.3) is 0 Å². The highest BCUT2D eigenvalue weighted by molar-refractivity contribution is 5.80. The van der Waals surface area contributed by atoms with Crippen molar-refractivity contribution in [3.05, 3.63) is 0 Å². The number of aliphatic hydroxyl groups excluding tert-OH is 1. The molecule has 0 amide bonds. The Balaban J connectivity index is 6.09. The molecule has 5 nitrogen and oxygen atoms in total. The van der Waals surface area contributed by atoms with Crippen LogP contribution >= 0.6 is 0 Å². The van der Waals surface area contributed by atoms with Gasteiger partial charge in [0.1, 0.15) is 6.10 Å². The summed E-state index contributed by atoms with van der Waals surface area (Å²) in [6, 6.07) is 0. The molecular weight excluding hydrogens is 584 g/mol. The first kappa shape index (κ1) is 45.9. The molecule has 0 rings (SSSR count). The maximum Gasteiger partial charge on any atom is 0.335 e. The van der Waals surface area contributed by atoms with Crippen molar-refractivity contribution in [2.45, 2.75) is 223 Å². The molecule has 0 spiro atoms. The van der Waals surface area contributed by atoms with Gasteiger partial charge < -0.3 is 14.9 Å². The third-order valence-corrected chi connectivity index (χ3v) is 10.0. The van der Waals surface area contributed by atoms with Crippen molar-refractivity contribution >= 4 is 11.9 Å². The molecule has 280 valence electrons. The lowest BCUT2D eigenvalue weighted by atomic mass is 9.72. The van der Waals surface area contributed by atoms with Crippen LogP contribution < -0.4 is 0 Å². The molecule has 0 aromatic rings. The Morgan fingerprint density at radius 3 is 1.51 bits per heavy atom. The predicted octanol–water partition coefficient (Wildman–Crippen LogP) is 12.6. The Morgan fingerprint density at radius 2 is 1.09 bits per heavy atom. The van der Waals surface area contributed by atoms with Crippen LogP contribution in [0.5, 0.6) is 0 Å². The second-order valence-electron chi connectivity index (χ2n) is 17.9. The van der Waals surface area contributed by atoms with Gasteiger partial charge in [0.2, 0.25) is 0 Å². The van der Waals surface area contributed by atoms with Crippen molar-refractivity contribution in [1.82, 2.24) is 0 Å². The Morgan fingerprint density at radius 1 is 0.638 bits per heavy atom. The highest BCUT2D eigenvalue weighted by atomic mass is 16.6. The summed E-state index contributed by atoms with van der Waals surface area (Å²) in [6.45, 7) is 22.9.